The zero-order chi connectivity index (χ0) is 17.9. The van der Waals surface area contributed by atoms with Gasteiger partial charge in [0.1, 0.15) is 0 Å². The lowest BCUT2D eigenvalue weighted by Crippen LogP contribution is -2.16. The first-order valence-electron chi connectivity index (χ1n) is 8.58. The molecule has 3 aromatic carbocycles. The van der Waals surface area contributed by atoms with Gasteiger partial charge in [-0.15, -0.1) is 0 Å². The van der Waals surface area contributed by atoms with Gasteiger partial charge in [0.25, 0.3) is 5.91 Å². The molecule has 1 N–H and O–H groups in total. The standard InChI is InChI=1S/C22H19N3O/c1-16-11-13-17(14-12-16)15-25-20-10-6-5-9-19(20)23-22(25)24-21(26)18-7-3-2-4-8-18/h2-14H,15H2,1H3,(H,23,24,26). The molecule has 0 unspecified atom stereocenters. The Balaban J connectivity index is 1.71. The van der Waals surface area contributed by atoms with E-state index in [0.717, 1.165) is 16.6 Å². The Bertz CT molecular complexity index is 1050. The number of benzene rings is 3. The maximum atomic E-state index is 12.6. The molecule has 4 heteroatoms. The fourth-order valence-corrected chi connectivity index (χ4v) is 2.97. The van der Waals surface area contributed by atoms with Crippen molar-refractivity contribution in [1.29, 1.82) is 0 Å². The highest BCUT2D eigenvalue weighted by Gasteiger charge is 2.14. The summed E-state index contributed by atoms with van der Waals surface area (Å²) in [7, 11) is 0. The fourth-order valence-electron chi connectivity index (χ4n) is 2.97. The molecular weight excluding hydrogens is 322 g/mol. The molecule has 0 aliphatic carbocycles. The highest BCUT2D eigenvalue weighted by atomic mass is 16.1. The summed E-state index contributed by atoms with van der Waals surface area (Å²) in [6.45, 7) is 2.72. The Morgan fingerprint density at radius 1 is 0.923 bits per heavy atom. The van der Waals surface area contributed by atoms with Gasteiger partial charge < -0.3 is 4.57 Å². The maximum Gasteiger partial charge on any atom is 0.257 e. The zero-order valence-corrected chi connectivity index (χ0v) is 14.5. The minimum atomic E-state index is -0.161. The van der Waals surface area contributed by atoms with Gasteiger partial charge in [-0.3, -0.25) is 10.1 Å². The van der Waals surface area contributed by atoms with E-state index >= 15 is 0 Å². The van der Waals surface area contributed by atoms with E-state index < -0.39 is 0 Å². The third kappa shape index (κ3) is 3.22. The number of amides is 1. The van der Waals surface area contributed by atoms with E-state index in [4.69, 9.17) is 0 Å². The lowest BCUT2D eigenvalue weighted by Gasteiger charge is -2.11. The van der Waals surface area contributed by atoms with Crippen LogP contribution in [0.1, 0.15) is 21.5 Å². The van der Waals surface area contributed by atoms with Crippen molar-refractivity contribution in [3.63, 3.8) is 0 Å². The van der Waals surface area contributed by atoms with Gasteiger partial charge in [0.15, 0.2) is 0 Å². The second-order valence-corrected chi connectivity index (χ2v) is 6.32. The second kappa shape index (κ2) is 6.84. The number of aryl methyl sites for hydroxylation is 1. The molecule has 1 amide bonds. The van der Waals surface area contributed by atoms with Gasteiger partial charge in [0.05, 0.1) is 17.6 Å². The predicted octanol–water partition coefficient (Wildman–Crippen LogP) is 4.65. The van der Waals surface area contributed by atoms with Crippen molar-refractivity contribution < 1.29 is 4.79 Å². The SMILES string of the molecule is Cc1ccc(Cn2c(NC(=O)c3ccccc3)nc3ccccc32)cc1. The number of carbonyl (C=O) groups is 1. The van der Waals surface area contributed by atoms with Gasteiger partial charge in [0, 0.05) is 5.56 Å². The summed E-state index contributed by atoms with van der Waals surface area (Å²) >= 11 is 0. The van der Waals surface area contributed by atoms with Crippen LogP contribution in [0.2, 0.25) is 0 Å². The van der Waals surface area contributed by atoms with Crippen LogP contribution in [0, 0.1) is 6.92 Å². The summed E-state index contributed by atoms with van der Waals surface area (Å²) in [5.74, 6) is 0.395. The van der Waals surface area contributed by atoms with Gasteiger partial charge in [-0.05, 0) is 36.8 Å². The van der Waals surface area contributed by atoms with Crippen LogP contribution in [0.3, 0.4) is 0 Å². The van der Waals surface area contributed by atoms with Gasteiger partial charge >= 0.3 is 0 Å². The highest BCUT2D eigenvalue weighted by molar-refractivity contribution is 6.04. The molecule has 0 atom stereocenters. The highest BCUT2D eigenvalue weighted by Crippen LogP contribution is 2.22. The Kier molecular flexibility index (Phi) is 4.23. The zero-order valence-electron chi connectivity index (χ0n) is 14.5. The molecule has 4 nitrogen and oxygen atoms in total. The van der Waals surface area contributed by atoms with E-state index in [2.05, 4.69) is 41.5 Å². The summed E-state index contributed by atoms with van der Waals surface area (Å²) in [5, 5.41) is 2.96. The average molecular weight is 341 g/mol. The molecule has 0 fully saturated rings. The average Bonchev–Trinajstić information content (AvgIpc) is 3.01. The number of rotatable bonds is 4. The predicted molar refractivity (Wildman–Crippen MR) is 104 cm³/mol. The number of fused-ring (bicyclic) bond motifs is 1. The summed E-state index contributed by atoms with van der Waals surface area (Å²) < 4.78 is 2.04. The first kappa shape index (κ1) is 16.1. The monoisotopic (exact) mass is 341 g/mol. The van der Waals surface area contributed by atoms with Crippen LogP contribution in [0.25, 0.3) is 11.0 Å². The molecule has 0 spiro atoms. The van der Waals surface area contributed by atoms with Gasteiger partial charge in [0.2, 0.25) is 5.95 Å². The first-order chi connectivity index (χ1) is 12.7. The summed E-state index contributed by atoms with van der Waals surface area (Å²) in [4.78, 5) is 17.2. The summed E-state index contributed by atoms with van der Waals surface area (Å²) in [6, 6.07) is 25.5. The number of hydrogen-bond acceptors (Lipinski definition) is 2. The first-order valence-corrected chi connectivity index (χ1v) is 8.58. The van der Waals surface area contributed by atoms with E-state index in [1.54, 1.807) is 12.1 Å². The van der Waals surface area contributed by atoms with E-state index in [0.29, 0.717) is 18.1 Å². The van der Waals surface area contributed by atoms with Crippen LogP contribution < -0.4 is 5.32 Å². The van der Waals surface area contributed by atoms with Gasteiger partial charge in [-0.25, -0.2) is 4.98 Å². The van der Waals surface area contributed by atoms with Crippen molar-refractivity contribution in [3.05, 3.63) is 95.6 Å². The Labute approximate surface area is 152 Å². The summed E-state index contributed by atoms with van der Waals surface area (Å²) in [6.07, 6.45) is 0. The maximum absolute atomic E-state index is 12.6. The van der Waals surface area contributed by atoms with Gasteiger partial charge in [-0.2, -0.15) is 0 Å². The molecule has 0 radical (unpaired) electrons. The topological polar surface area (TPSA) is 46.9 Å². The number of aromatic nitrogens is 2. The number of nitrogens with one attached hydrogen (secondary N) is 1. The normalized spacial score (nSPS) is 10.8. The number of anilines is 1. The lowest BCUT2D eigenvalue weighted by atomic mass is 10.1. The molecule has 4 rings (SSSR count). The van der Waals surface area contributed by atoms with Gasteiger partial charge in [-0.1, -0.05) is 60.2 Å². The smallest absolute Gasteiger partial charge is 0.257 e. The van der Waals surface area contributed by atoms with Crippen molar-refractivity contribution in [2.24, 2.45) is 0 Å². The van der Waals surface area contributed by atoms with E-state index in [-0.39, 0.29) is 5.91 Å². The number of imidazole rings is 1. The molecule has 0 saturated heterocycles. The van der Waals surface area contributed by atoms with Crippen molar-refractivity contribution in [1.82, 2.24) is 9.55 Å². The molecule has 1 heterocycles. The minimum Gasteiger partial charge on any atom is -0.305 e. The van der Waals surface area contributed by atoms with Crippen LogP contribution in [-0.4, -0.2) is 15.5 Å². The summed E-state index contributed by atoms with van der Waals surface area (Å²) in [5.41, 5.74) is 4.86. The second-order valence-electron chi connectivity index (χ2n) is 6.32. The third-order valence-electron chi connectivity index (χ3n) is 4.38. The number of hydrogen-bond donors (Lipinski definition) is 1. The lowest BCUT2D eigenvalue weighted by molar-refractivity contribution is 0.102. The molecule has 0 aliphatic heterocycles. The van der Waals surface area contributed by atoms with Crippen molar-refractivity contribution in [2.45, 2.75) is 13.5 Å². The van der Waals surface area contributed by atoms with E-state index in [9.17, 15) is 4.79 Å². The minimum absolute atomic E-state index is 0.161. The molecule has 0 saturated carbocycles. The molecule has 128 valence electrons. The molecular formula is C22H19N3O. The van der Waals surface area contributed by atoms with E-state index in [1.807, 2.05) is 47.0 Å². The van der Waals surface area contributed by atoms with Crippen LogP contribution >= 0.6 is 0 Å². The molecule has 4 aromatic rings. The fraction of sp³-hybridized carbons (Fsp3) is 0.0909. The van der Waals surface area contributed by atoms with Crippen molar-refractivity contribution in [2.75, 3.05) is 5.32 Å². The van der Waals surface area contributed by atoms with E-state index in [1.165, 1.54) is 5.56 Å². The largest absolute Gasteiger partial charge is 0.305 e. The molecule has 1 aromatic heterocycles. The Morgan fingerprint density at radius 3 is 2.38 bits per heavy atom. The molecule has 26 heavy (non-hydrogen) atoms. The van der Waals surface area contributed by atoms with Crippen LogP contribution in [-0.2, 0) is 6.54 Å². The molecule has 0 bridgehead atoms. The van der Waals surface area contributed by atoms with Crippen LogP contribution in [0.15, 0.2) is 78.9 Å². The Morgan fingerprint density at radius 2 is 1.62 bits per heavy atom. The number of nitrogens with zero attached hydrogens (tertiary/aromatic N) is 2. The van der Waals surface area contributed by atoms with Crippen LogP contribution in [0.4, 0.5) is 5.95 Å². The van der Waals surface area contributed by atoms with Crippen molar-refractivity contribution >= 4 is 22.9 Å². The Hall–Kier alpha value is -3.40. The van der Waals surface area contributed by atoms with Crippen LogP contribution in [0.5, 0.6) is 0 Å². The third-order valence-corrected chi connectivity index (χ3v) is 4.38. The molecule has 0 aliphatic rings. The van der Waals surface area contributed by atoms with Crippen molar-refractivity contribution in [3.8, 4) is 0 Å². The number of carbonyl (C=O) groups excluding carboxylic acids is 1. The number of para-hydroxylation sites is 2. The quantitative estimate of drug-likeness (QED) is 0.587.